The number of benzene rings is 2. The lowest BCUT2D eigenvalue weighted by molar-refractivity contribution is 0.0949. The van der Waals surface area contributed by atoms with E-state index in [4.69, 9.17) is 4.98 Å². The van der Waals surface area contributed by atoms with Gasteiger partial charge in [0.25, 0.3) is 5.91 Å². The molecule has 0 spiro atoms. The summed E-state index contributed by atoms with van der Waals surface area (Å²) in [6.45, 7) is 4.46. The Balaban J connectivity index is 1.39. The van der Waals surface area contributed by atoms with Gasteiger partial charge in [-0.2, -0.15) is 0 Å². The topological polar surface area (TPSA) is 58.1 Å². The van der Waals surface area contributed by atoms with Gasteiger partial charge >= 0.3 is 0 Å². The van der Waals surface area contributed by atoms with E-state index >= 15 is 0 Å². The summed E-state index contributed by atoms with van der Waals surface area (Å²) in [5.41, 5.74) is 3.70. The third-order valence-electron chi connectivity index (χ3n) is 5.73. The number of carbonyl (C=O) groups excluding carboxylic acids is 1. The first kappa shape index (κ1) is 20.2. The van der Waals surface area contributed by atoms with Crippen molar-refractivity contribution in [3.05, 3.63) is 95.1 Å². The molecule has 4 rings (SSSR count). The molecule has 154 valence electrons. The summed E-state index contributed by atoms with van der Waals surface area (Å²) in [4.78, 5) is 24.4. The predicted molar refractivity (Wildman–Crippen MR) is 118 cm³/mol. The summed E-state index contributed by atoms with van der Waals surface area (Å²) in [7, 11) is 0. The highest BCUT2D eigenvalue weighted by Gasteiger charge is 2.28. The Kier molecular flexibility index (Phi) is 6.50. The van der Waals surface area contributed by atoms with Gasteiger partial charge in [0.1, 0.15) is 5.82 Å². The Hall–Kier alpha value is -3.05. The molecule has 1 N–H and O–H groups in total. The molecular weight excluding hydrogens is 372 g/mol. The van der Waals surface area contributed by atoms with E-state index < -0.39 is 0 Å². The number of likely N-dealkylation sites (tertiary alicyclic amines) is 1. The Morgan fingerprint density at radius 2 is 1.77 bits per heavy atom. The molecule has 1 saturated heterocycles. The molecule has 1 amide bonds. The largest absolute Gasteiger partial charge is 0.348 e. The van der Waals surface area contributed by atoms with E-state index in [-0.39, 0.29) is 11.9 Å². The molecule has 0 aliphatic carbocycles. The number of amides is 1. The minimum absolute atomic E-state index is 0.129. The first-order valence-corrected chi connectivity index (χ1v) is 10.6. The molecule has 5 heteroatoms. The summed E-state index contributed by atoms with van der Waals surface area (Å²) in [6, 6.07) is 20.7. The van der Waals surface area contributed by atoms with Crippen molar-refractivity contribution in [2.45, 2.75) is 38.8 Å². The normalized spacial score (nSPS) is 16.5. The van der Waals surface area contributed by atoms with E-state index in [0.717, 1.165) is 49.4 Å². The average Bonchev–Trinajstić information content (AvgIpc) is 3.26. The fourth-order valence-electron chi connectivity index (χ4n) is 4.05. The van der Waals surface area contributed by atoms with Crippen LogP contribution in [0.4, 0.5) is 0 Å². The number of nitrogens with one attached hydrogen (secondary N) is 1. The predicted octanol–water partition coefficient (Wildman–Crippen LogP) is 4.09. The van der Waals surface area contributed by atoms with E-state index in [1.807, 2.05) is 37.3 Å². The van der Waals surface area contributed by atoms with Crippen molar-refractivity contribution in [2.75, 3.05) is 13.1 Å². The molecule has 1 fully saturated rings. The van der Waals surface area contributed by atoms with Crippen molar-refractivity contribution in [1.29, 1.82) is 0 Å². The minimum atomic E-state index is -0.129. The summed E-state index contributed by atoms with van der Waals surface area (Å²) < 4.78 is 0. The van der Waals surface area contributed by atoms with Gasteiger partial charge in [0.2, 0.25) is 0 Å². The van der Waals surface area contributed by atoms with Gasteiger partial charge in [0, 0.05) is 19.3 Å². The average molecular weight is 401 g/mol. The van der Waals surface area contributed by atoms with Gasteiger partial charge < -0.3 is 5.32 Å². The second-order valence-electron chi connectivity index (χ2n) is 7.83. The van der Waals surface area contributed by atoms with Gasteiger partial charge in [-0.25, -0.2) is 9.97 Å². The standard InChI is InChI=1S/C25H28N4O/c1-19-22(25(30)27-17-21-11-6-3-7-12-21)18-26-24(28-19)23-13-8-15-29(23)16-14-20-9-4-2-5-10-20/h2-7,9-12,18,23H,8,13-17H2,1H3,(H,27,30)/t23-/m1/s1. The fourth-order valence-corrected chi connectivity index (χ4v) is 4.05. The van der Waals surface area contributed by atoms with Crippen molar-refractivity contribution in [1.82, 2.24) is 20.2 Å². The van der Waals surface area contributed by atoms with E-state index in [2.05, 4.69) is 45.5 Å². The van der Waals surface area contributed by atoms with Crippen molar-refractivity contribution < 1.29 is 4.79 Å². The molecule has 1 aromatic heterocycles. The molecule has 2 aromatic carbocycles. The molecule has 30 heavy (non-hydrogen) atoms. The second kappa shape index (κ2) is 9.63. The highest BCUT2D eigenvalue weighted by atomic mass is 16.1. The molecule has 5 nitrogen and oxygen atoms in total. The molecular formula is C25H28N4O. The summed E-state index contributed by atoms with van der Waals surface area (Å²) in [5, 5.41) is 2.96. The molecule has 0 unspecified atom stereocenters. The van der Waals surface area contributed by atoms with Gasteiger partial charge in [-0.1, -0.05) is 60.7 Å². The Labute approximate surface area is 178 Å². The lowest BCUT2D eigenvalue weighted by Crippen LogP contribution is -2.28. The van der Waals surface area contributed by atoms with Crippen molar-refractivity contribution >= 4 is 5.91 Å². The molecule has 3 aromatic rings. The first-order chi connectivity index (χ1) is 14.7. The molecule has 0 bridgehead atoms. The highest BCUT2D eigenvalue weighted by Crippen LogP contribution is 2.30. The Morgan fingerprint density at radius 1 is 1.07 bits per heavy atom. The van der Waals surface area contributed by atoms with E-state index in [1.54, 1.807) is 6.20 Å². The maximum absolute atomic E-state index is 12.6. The van der Waals surface area contributed by atoms with E-state index in [0.29, 0.717) is 12.1 Å². The van der Waals surface area contributed by atoms with Crippen LogP contribution in [0.25, 0.3) is 0 Å². The van der Waals surface area contributed by atoms with Crippen LogP contribution in [0.15, 0.2) is 66.9 Å². The maximum Gasteiger partial charge on any atom is 0.254 e. The van der Waals surface area contributed by atoms with Crippen LogP contribution in [0.3, 0.4) is 0 Å². The number of carbonyl (C=O) groups is 1. The van der Waals surface area contributed by atoms with Gasteiger partial charge in [-0.05, 0) is 43.9 Å². The number of rotatable bonds is 7. The third kappa shape index (κ3) is 4.92. The van der Waals surface area contributed by atoms with E-state index in [9.17, 15) is 4.79 Å². The number of hydrogen-bond acceptors (Lipinski definition) is 4. The molecule has 2 heterocycles. The fraction of sp³-hybridized carbons (Fsp3) is 0.320. The highest BCUT2D eigenvalue weighted by molar-refractivity contribution is 5.94. The van der Waals surface area contributed by atoms with Crippen LogP contribution in [-0.2, 0) is 13.0 Å². The van der Waals surface area contributed by atoms with Crippen molar-refractivity contribution in [3.8, 4) is 0 Å². The molecule has 1 atom stereocenters. The molecule has 1 aliphatic rings. The van der Waals surface area contributed by atoms with Crippen LogP contribution in [0.5, 0.6) is 0 Å². The minimum Gasteiger partial charge on any atom is -0.348 e. The van der Waals surface area contributed by atoms with Crippen LogP contribution in [0.2, 0.25) is 0 Å². The van der Waals surface area contributed by atoms with Gasteiger partial charge in [0.15, 0.2) is 0 Å². The maximum atomic E-state index is 12.6. The zero-order chi connectivity index (χ0) is 20.8. The zero-order valence-electron chi connectivity index (χ0n) is 17.4. The smallest absolute Gasteiger partial charge is 0.254 e. The second-order valence-corrected chi connectivity index (χ2v) is 7.83. The number of aryl methyl sites for hydroxylation is 1. The number of nitrogens with zero attached hydrogens (tertiary/aromatic N) is 3. The Bertz CT molecular complexity index is 975. The van der Waals surface area contributed by atoms with Crippen LogP contribution in [-0.4, -0.2) is 33.9 Å². The molecule has 0 radical (unpaired) electrons. The van der Waals surface area contributed by atoms with Gasteiger partial charge in [-0.3, -0.25) is 9.69 Å². The quantitative estimate of drug-likeness (QED) is 0.649. The third-order valence-corrected chi connectivity index (χ3v) is 5.73. The summed E-state index contributed by atoms with van der Waals surface area (Å²) in [6.07, 6.45) is 4.93. The Morgan fingerprint density at radius 3 is 2.47 bits per heavy atom. The number of aromatic nitrogens is 2. The monoisotopic (exact) mass is 400 g/mol. The molecule has 0 saturated carbocycles. The summed E-state index contributed by atoms with van der Waals surface area (Å²) in [5.74, 6) is 0.702. The zero-order valence-corrected chi connectivity index (χ0v) is 17.4. The summed E-state index contributed by atoms with van der Waals surface area (Å²) >= 11 is 0. The van der Waals surface area contributed by atoms with Crippen molar-refractivity contribution in [2.24, 2.45) is 0 Å². The molecule has 1 aliphatic heterocycles. The van der Waals surface area contributed by atoms with Gasteiger partial charge in [-0.15, -0.1) is 0 Å². The number of hydrogen-bond donors (Lipinski definition) is 1. The SMILES string of the molecule is Cc1nc([C@H]2CCCN2CCc2ccccc2)ncc1C(=O)NCc1ccccc1. The van der Waals surface area contributed by atoms with Gasteiger partial charge in [0.05, 0.1) is 17.3 Å². The van der Waals surface area contributed by atoms with Crippen LogP contribution >= 0.6 is 0 Å². The first-order valence-electron chi connectivity index (χ1n) is 10.6. The lowest BCUT2D eigenvalue weighted by atomic mass is 10.1. The van der Waals surface area contributed by atoms with Crippen molar-refractivity contribution in [3.63, 3.8) is 0 Å². The van der Waals surface area contributed by atoms with Crippen LogP contribution < -0.4 is 5.32 Å². The van der Waals surface area contributed by atoms with Crippen LogP contribution in [0.1, 0.15) is 51.9 Å². The van der Waals surface area contributed by atoms with Crippen LogP contribution in [0, 0.1) is 6.92 Å². The van der Waals surface area contributed by atoms with E-state index in [1.165, 1.54) is 5.56 Å². The lowest BCUT2D eigenvalue weighted by Gasteiger charge is -2.23.